The van der Waals surface area contributed by atoms with E-state index in [1.165, 1.54) is 24.9 Å². The molecule has 0 unspecified atom stereocenters. The predicted octanol–water partition coefficient (Wildman–Crippen LogP) is -0.899. The third-order valence-corrected chi connectivity index (χ3v) is 2.13. The highest BCUT2D eigenvalue weighted by atomic mass is 17.1. The molecule has 0 radical (unpaired) electrons. The molecule has 0 bridgehead atoms. The average Bonchev–Trinajstić information content (AvgIpc) is 2.18. The SMILES string of the molecule is Cn1cc(CCC(=O)O)c(=[17O])n(C)c1=O. The van der Waals surface area contributed by atoms with Crippen molar-refractivity contribution in [2.75, 3.05) is 0 Å². The van der Waals surface area contributed by atoms with E-state index in [1.54, 1.807) is 0 Å². The van der Waals surface area contributed by atoms with Gasteiger partial charge in [0.05, 0.1) is 0 Å². The average molecular weight is 213 g/mol. The molecule has 0 aliphatic heterocycles. The number of hydrogen-bond acceptors (Lipinski definition) is 3. The molecule has 0 aliphatic rings. The number of aliphatic carboxylic acids is 1. The second-order valence-electron chi connectivity index (χ2n) is 3.31. The van der Waals surface area contributed by atoms with Gasteiger partial charge in [0.1, 0.15) is 0 Å². The van der Waals surface area contributed by atoms with Gasteiger partial charge in [-0.15, -0.1) is 0 Å². The van der Waals surface area contributed by atoms with Crippen molar-refractivity contribution in [2.45, 2.75) is 12.8 Å². The van der Waals surface area contributed by atoms with Gasteiger partial charge in [-0.25, -0.2) is 4.79 Å². The minimum atomic E-state index is -0.967. The minimum Gasteiger partial charge on any atom is -0.481 e. The van der Waals surface area contributed by atoms with Crippen molar-refractivity contribution >= 4 is 5.97 Å². The van der Waals surface area contributed by atoms with Crippen molar-refractivity contribution in [2.24, 2.45) is 14.1 Å². The van der Waals surface area contributed by atoms with E-state index in [0.717, 1.165) is 4.57 Å². The van der Waals surface area contributed by atoms with Crippen LogP contribution in [-0.4, -0.2) is 20.2 Å². The molecule has 0 aliphatic carbocycles. The Balaban J connectivity index is 3.16. The summed E-state index contributed by atoms with van der Waals surface area (Å²) in [6.07, 6.45) is 1.40. The first-order chi connectivity index (χ1) is 6.93. The Kier molecular flexibility index (Phi) is 3.08. The maximum atomic E-state index is 11.5. The lowest BCUT2D eigenvalue weighted by Crippen LogP contribution is -2.38. The second kappa shape index (κ2) is 4.12. The van der Waals surface area contributed by atoms with Crippen LogP contribution in [0.1, 0.15) is 12.0 Å². The number of rotatable bonds is 3. The maximum absolute atomic E-state index is 11.5. The van der Waals surface area contributed by atoms with Crippen molar-refractivity contribution in [3.63, 3.8) is 0 Å². The van der Waals surface area contributed by atoms with E-state index in [9.17, 15) is 14.4 Å². The van der Waals surface area contributed by atoms with Gasteiger partial charge in [-0.1, -0.05) is 0 Å². The number of nitrogens with zero attached hydrogens (tertiary/aromatic N) is 2. The smallest absolute Gasteiger partial charge is 0.330 e. The largest absolute Gasteiger partial charge is 0.481 e. The van der Waals surface area contributed by atoms with Crippen LogP contribution in [0, 0.1) is 0 Å². The molecule has 1 aromatic heterocycles. The number of carboxylic acid groups (broad SMARTS) is 1. The third-order valence-electron chi connectivity index (χ3n) is 2.13. The van der Waals surface area contributed by atoms with E-state index in [0.29, 0.717) is 5.56 Å². The standard InChI is InChI=1S/C9H12N2O4/c1-10-5-6(3-4-7(12)13)8(14)11(2)9(10)15/h5H,3-4H2,1-2H3,(H,12,13)/i14+1. The van der Waals surface area contributed by atoms with Gasteiger partial charge in [0.2, 0.25) is 0 Å². The van der Waals surface area contributed by atoms with Crippen LogP contribution in [0.25, 0.3) is 0 Å². The summed E-state index contributed by atoms with van der Waals surface area (Å²) in [7, 11) is 2.89. The zero-order valence-electron chi connectivity index (χ0n) is 8.56. The van der Waals surface area contributed by atoms with Gasteiger partial charge >= 0.3 is 11.7 Å². The summed E-state index contributed by atoms with van der Waals surface area (Å²) in [6, 6.07) is 0. The van der Waals surface area contributed by atoms with Crippen LogP contribution in [0.4, 0.5) is 0 Å². The van der Waals surface area contributed by atoms with Gasteiger partial charge in [0.25, 0.3) is 5.56 Å². The molecule has 1 heterocycles. The van der Waals surface area contributed by atoms with Gasteiger partial charge in [-0.05, 0) is 6.42 Å². The summed E-state index contributed by atoms with van der Waals surface area (Å²) in [5.41, 5.74) is -0.513. The molecular formula is C9H12N2O4. The number of aryl methyl sites for hydroxylation is 2. The quantitative estimate of drug-likeness (QED) is 0.705. The summed E-state index contributed by atoms with van der Waals surface area (Å²) in [6.45, 7) is 0. The first kappa shape index (κ1) is 11.2. The third kappa shape index (κ3) is 2.34. The van der Waals surface area contributed by atoms with Crippen LogP contribution >= 0.6 is 0 Å². The van der Waals surface area contributed by atoms with E-state index < -0.39 is 17.2 Å². The molecule has 15 heavy (non-hydrogen) atoms. The number of aromatic nitrogens is 2. The molecule has 0 aromatic carbocycles. The monoisotopic (exact) mass is 213 g/mol. The van der Waals surface area contributed by atoms with Crippen LogP contribution in [-0.2, 0) is 25.3 Å². The fourth-order valence-electron chi connectivity index (χ4n) is 1.30. The van der Waals surface area contributed by atoms with Crippen molar-refractivity contribution in [1.29, 1.82) is 0 Å². The van der Waals surface area contributed by atoms with Crippen molar-refractivity contribution in [3.8, 4) is 0 Å². The summed E-state index contributed by atoms with van der Waals surface area (Å²) in [5.74, 6) is -0.967. The van der Waals surface area contributed by atoms with E-state index in [1.807, 2.05) is 0 Å². The molecule has 1 aromatic rings. The van der Waals surface area contributed by atoms with E-state index >= 15 is 0 Å². The molecule has 1 N–H and O–H groups in total. The van der Waals surface area contributed by atoms with Gasteiger partial charge in [-0.3, -0.25) is 14.2 Å². The van der Waals surface area contributed by atoms with Crippen LogP contribution in [0.2, 0.25) is 0 Å². The number of carbonyl (C=O) groups is 1. The molecule has 0 fully saturated rings. The molecule has 0 spiro atoms. The molecule has 6 heteroatoms. The lowest BCUT2D eigenvalue weighted by Gasteiger charge is -2.05. The Morgan fingerprint density at radius 3 is 2.67 bits per heavy atom. The highest BCUT2D eigenvalue weighted by Gasteiger charge is 2.08. The van der Waals surface area contributed by atoms with Crippen LogP contribution in [0.3, 0.4) is 0 Å². The Bertz CT molecular complexity index is 498. The van der Waals surface area contributed by atoms with Crippen molar-refractivity contribution < 1.29 is 9.90 Å². The van der Waals surface area contributed by atoms with Crippen LogP contribution in [0.5, 0.6) is 0 Å². The van der Waals surface area contributed by atoms with Gasteiger partial charge in [-0.2, -0.15) is 0 Å². The zero-order valence-corrected chi connectivity index (χ0v) is 8.56. The highest BCUT2D eigenvalue weighted by Crippen LogP contribution is 1.94. The first-order valence-corrected chi connectivity index (χ1v) is 4.41. The van der Waals surface area contributed by atoms with E-state index in [-0.39, 0.29) is 12.8 Å². The molecule has 6 nitrogen and oxygen atoms in total. The minimum absolute atomic E-state index is 0.118. The highest BCUT2D eigenvalue weighted by molar-refractivity contribution is 5.67. The topological polar surface area (TPSA) is 81.3 Å². The Labute approximate surface area is 85.4 Å². The fourth-order valence-corrected chi connectivity index (χ4v) is 1.30. The number of carboxylic acids is 1. The van der Waals surface area contributed by atoms with E-state index in [2.05, 4.69) is 0 Å². The predicted molar refractivity (Wildman–Crippen MR) is 52.9 cm³/mol. The zero-order chi connectivity index (χ0) is 11.6. The Hall–Kier alpha value is -1.85. The molecule has 1 rings (SSSR count). The van der Waals surface area contributed by atoms with E-state index in [4.69, 9.17) is 5.11 Å². The molecule has 0 saturated carbocycles. The lowest BCUT2D eigenvalue weighted by atomic mass is 10.2. The van der Waals surface area contributed by atoms with Gasteiger partial charge in [0, 0.05) is 32.3 Å². The second-order valence-corrected chi connectivity index (χ2v) is 3.31. The summed E-state index contributed by atoms with van der Waals surface area (Å²) < 4.78 is 2.23. The summed E-state index contributed by atoms with van der Waals surface area (Å²) in [4.78, 5) is 33.1. The fraction of sp³-hybridized carbons (Fsp3) is 0.444. The Morgan fingerprint density at radius 2 is 2.13 bits per heavy atom. The molecule has 0 amide bonds. The summed E-state index contributed by atoms with van der Waals surface area (Å²) >= 11 is 0. The summed E-state index contributed by atoms with van der Waals surface area (Å²) in [5, 5.41) is 8.48. The van der Waals surface area contributed by atoms with Gasteiger partial charge < -0.3 is 9.67 Å². The molecule has 82 valence electrons. The first-order valence-electron chi connectivity index (χ1n) is 4.41. The van der Waals surface area contributed by atoms with Crippen molar-refractivity contribution in [3.05, 3.63) is 32.6 Å². The van der Waals surface area contributed by atoms with Crippen molar-refractivity contribution in [1.82, 2.24) is 9.13 Å². The molecule has 0 saturated heterocycles. The maximum Gasteiger partial charge on any atom is 0.330 e. The normalized spacial score (nSPS) is 10.3. The van der Waals surface area contributed by atoms with Crippen LogP contribution < -0.4 is 11.2 Å². The lowest BCUT2D eigenvalue weighted by molar-refractivity contribution is -0.136. The molecule has 0 atom stereocenters. The molecular weight excluding hydrogens is 201 g/mol. The Morgan fingerprint density at radius 1 is 1.53 bits per heavy atom. The number of hydrogen-bond donors (Lipinski definition) is 1. The van der Waals surface area contributed by atoms with Crippen LogP contribution in [0.15, 0.2) is 15.8 Å². The van der Waals surface area contributed by atoms with Gasteiger partial charge in [0.15, 0.2) is 0 Å².